The van der Waals surface area contributed by atoms with Crippen molar-refractivity contribution in [3.63, 3.8) is 0 Å². The van der Waals surface area contributed by atoms with Crippen LogP contribution in [0.1, 0.15) is 48.7 Å². The Hall–Kier alpha value is -2.76. The van der Waals surface area contributed by atoms with Crippen molar-refractivity contribution in [2.75, 3.05) is 13.7 Å². The van der Waals surface area contributed by atoms with Crippen molar-refractivity contribution in [2.45, 2.75) is 32.7 Å². The van der Waals surface area contributed by atoms with Gasteiger partial charge in [-0.1, -0.05) is 6.07 Å². The summed E-state index contributed by atoms with van der Waals surface area (Å²) in [5.74, 6) is -1.58. The van der Waals surface area contributed by atoms with Gasteiger partial charge in [0.1, 0.15) is 5.75 Å². The molecule has 1 unspecified atom stereocenters. The number of benzene rings is 2. The van der Waals surface area contributed by atoms with Crippen LogP contribution in [0, 0.1) is 11.6 Å². The van der Waals surface area contributed by atoms with Gasteiger partial charge >= 0.3 is 0 Å². The predicted octanol–water partition coefficient (Wildman–Crippen LogP) is 4.55. The monoisotopic (exact) mass is 375 g/mol. The van der Waals surface area contributed by atoms with Crippen molar-refractivity contribution >= 4 is 11.7 Å². The van der Waals surface area contributed by atoms with Crippen molar-refractivity contribution in [3.05, 3.63) is 65.2 Å². The summed E-state index contributed by atoms with van der Waals surface area (Å²) in [5, 5.41) is 0. The normalized spacial score (nSPS) is 11.7. The molecule has 0 aliphatic rings. The number of ketones is 1. The van der Waals surface area contributed by atoms with E-state index in [1.807, 2.05) is 6.92 Å². The lowest BCUT2D eigenvalue weighted by atomic mass is 10.0. The number of hydrogen-bond donors (Lipinski definition) is 0. The number of amides is 1. The van der Waals surface area contributed by atoms with Gasteiger partial charge in [0, 0.05) is 25.5 Å². The van der Waals surface area contributed by atoms with E-state index in [0.717, 1.165) is 12.1 Å². The first-order valence-corrected chi connectivity index (χ1v) is 8.80. The molecule has 0 N–H and O–H groups in total. The van der Waals surface area contributed by atoms with Gasteiger partial charge in [-0.25, -0.2) is 8.78 Å². The fraction of sp³-hybridized carbons (Fsp3) is 0.333. The Morgan fingerprint density at radius 1 is 1.04 bits per heavy atom. The summed E-state index contributed by atoms with van der Waals surface area (Å²) >= 11 is 0. The molecule has 0 heterocycles. The van der Waals surface area contributed by atoms with E-state index in [1.165, 1.54) is 11.0 Å². The minimum Gasteiger partial charge on any atom is -0.494 e. The minimum atomic E-state index is -0.953. The molecule has 1 amide bonds. The summed E-state index contributed by atoms with van der Waals surface area (Å²) in [5.41, 5.74) is 1.00. The zero-order valence-corrected chi connectivity index (χ0v) is 15.7. The van der Waals surface area contributed by atoms with Crippen LogP contribution in [0.5, 0.6) is 5.75 Å². The molecule has 4 nitrogen and oxygen atoms in total. The van der Waals surface area contributed by atoms with E-state index < -0.39 is 17.7 Å². The number of hydrogen-bond acceptors (Lipinski definition) is 3. The van der Waals surface area contributed by atoms with Crippen LogP contribution in [-0.4, -0.2) is 30.2 Å². The molecule has 0 aliphatic heterocycles. The van der Waals surface area contributed by atoms with Crippen LogP contribution in [0.3, 0.4) is 0 Å². The second-order valence-electron chi connectivity index (χ2n) is 6.23. The predicted molar refractivity (Wildman–Crippen MR) is 98.7 cm³/mol. The van der Waals surface area contributed by atoms with Gasteiger partial charge in [0.15, 0.2) is 17.4 Å². The first-order valence-electron chi connectivity index (χ1n) is 8.80. The van der Waals surface area contributed by atoms with Crippen molar-refractivity contribution in [2.24, 2.45) is 0 Å². The molecule has 0 aromatic heterocycles. The maximum absolute atomic E-state index is 13.4. The van der Waals surface area contributed by atoms with Gasteiger partial charge in [0.2, 0.25) is 5.91 Å². The molecule has 0 saturated carbocycles. The second kappa shape index (κ2) is 9.26. The molecule has 0 fully saturated rings. The molecular formula is C21H23F2NO3. The highest BCUT2D eigenvalue weighted by atomic mass is 19.2. The van der Waals surface area contributed by atoms with E-state index in [-0.39, 0.29) is 24.5 Å². The number of carbonyl (C=O) groups is 2. The SMILES string of the molecule is CCOc1ccc(C(=O)CCC(=O)N(C)C(C)c2ccc(F)c(F)c2)cc1. The number of ether oxygens (including phenoxy) is 1. The van der Waals surface area contributed by atoms with E-state index in [1.54, 1.807) is 38.2 Å². The molecule has 6 heteroatoms. The van der Waals surface area contributed by atoms with Crippen LogP contribution in [0.25, 0.3) is 0 Å². The van der Waals surface area contributed by atoms with Crippen molar-refractivity contribution < 1.29 is 23.1 Å². The van der Waals surface area contributed by atoms with E-state index >= 15 is 0 Å². The first-order chi connectivity index (χ1) is 12.8. The Balaban J connectivity index is 1.93. The Morgan fingerprint density at radius 2 is 1.70 bits per heavy atom. The number of halogens is 2. The zero-order chi connectivity index (χ0) is 20.0. The lowest BCUT2D eigenvalue weighted by molar-refractivity contribution is -0.131. The number of carbonyl (C=O) groups excluding carboxylic acids is 2. The van der Waals surface area contributed by atoms with Gasteiger partial charge in [-0.3, -0.25) is 9.59 Å². The topological polar surface area (TPSA) is 46.6 Å². The number of nitrogens with zero attached hydrogens (tertiary/aromatic N) is 1. The first kappa shape index (κ1) is 20.6. The molecular weight excluding hydrogens is 352 g/mol. The lowest BCUT2D eigenvalue weighted by Crippen LogP contribution is -2.30. The van der Waals surface area contributed by atoms with Crippen LogP contribution in [0.2, 0.25) is 0 Å². The summed E-state index contributed by atoms with van der Waals surface area (Å²) in [4.78, 5) is 26.1. The van der Waals surface area contributed by atoms with Gasteiger partial charge in [0.05, 0.1) is 12.6 Å². The van der Waals surface area contributed by atoms with E-state index in [9.17, 15) is 18.4 Å². The third-order valence-electron chi connectivity index (χ3n) is 4.45. The number of Topliss-reactive ketones (excluding diaryl/α,β-unsaturated/α-hetero) is 1. The molecule has 0 bridgehead atoms. The van der Waals surface area contributed by atoms with Gasteiger partial charge in [-0.05, 0) is 55.8 Å². The molecule has 2 rings (SSSR count). The molecule has 2 aromatic carbocycles. The Morgan fingerprint density at radius 3 is 2.30 bits per heavy atom. The van der Waals surface area contributed by atoms with E-state index in [2.05, 4.69) is 0 Å². The molecule has 0 saturated heterocycles. The highest BCUT2D eigenvalue weighted by Gasteiger charge is 2.19. The molecule has 1 atom stereocenters. The van der Waals surface area contributed by atoms with Crippen LogP contribution in [-0.2, 0) is 4.79 Å². The van der Waals surface area contributed by atoms with E-state index in [0.29, 0.717) is 23.5 Å². The summed E-state index contributed by atoms with van der Waals surface area (Å²) in [6.07, 6.45) is 0.109. The Labute approximate surface area is 157 Å². The van der Waals surface area contributed by atoms with Crippen molar-refractivity contribution in [3.8, 4) is 5.75 Å². The molecule has 0 aliphatic carbocycles. The van der Waals surface area contributed by atoms with Gasteiger partial charge < -0.3 is 9.64 Å². The summed E-state index contributed by atoms with van der Waals surface area (Å²) in [7, 11) is 1.58. The second-order valence-corrected chi connectivity index (χ2v) is 6.23. The van der Waals surface area contributed by atoms with E-state index in [4.69, 9.17) is 4.74 Å². The fourth-order valence-corrected chi connectivity index (χ4v) is 2.66. The number of rotatable bonds is 8. The van der Waals surface area contributed by atoms with Crippen molar-refractivity contribution in [1.29, 1.82) is 0 Å². The maximum atomic E-state index is 13.4. The van der Waals surface area contributed by atoms with Crippen LogP contribution in [0.4, 0.5) is 8.78 Å². The van der Waals surface area contributed by atoms with Crippen LogP contribution < -0.4 is 4.74 Å². The molecule has 27 heavy (non-hydrogen) atoms. The standard InChI is InChI=1S/C21H23F2NO3/c1-4-27-17-8-5-15(6-9-17)20(25)11-12-21(26)24(3)14(2)16-7-10-18(22)19(23)13-16/h5-10,13-14H,4,11-12H2,1-3H3. The highest BCUT2D eigenvalue weighted by Crippen LogP contribution is 2.22. The average Bonchev–Trinajstić information content (AvgIpc) is 2.67. The smallest absolute Gasteiger partial charge is 0.223 e. The van der Waals surface area contributed by atoms with Gasteiger partial charge in [0.25, 0.3) is 0 Å². The third-order valence-corrected chi connectivity index (χ3v) is 4.45. The third kappa shape index (κ3) is 5.36. The Bertz CT molecular complexity index is 806. The summed E-state index contributed by atoms with van der Waals surface area (Å²) in [6, 6.07) is 9.90. The van der Waals surface area contributed by atoms with Crippen LogP contribution >= 0.6 is 0 Å². The van der Waals surface area contributed by atoms with Gasteiger partial charge in [-0.2, -0.15) is 0 Å². The lowest BCUT2D eigenvalue weighted by Gasteiger charge is -2.25. The Kier molecular flexibility index (Phi) is 7.05. The largest absolute Gasteiger partial charge is 0.494 e. The quantitative estimate of drug-likeness (QED) is 0.636. The zero-order valence-electron chi connectivity index (χ0n) is 15.7. The molecule has 0 spiro atoms. The summed E-state index contributed by atoms with van der Waals surface area (Å²) in [6.45, 7) is 4.14. The summed E-state index contributed by atoms with van der Waals surface area (Å²) < 4.78 is 31.8. The molecule has 0 radical (unpaired) electrons. The average molecular weight is 375 g/mol. The highest BCUT2D eigenvalue weighted by molar-refractivity contribution is 5.98. The maximum Gasteiger partial charge on any atom is 0.223 e. The molecule has 2 aromatic rings. The van der Waals surface area contributed by atoms with Crippen molar-refractivity contribution in [1.82, 2.24) is 4.90 Å². The molecule has 144 valence electrons. The van der Waals surface area contributed by atoms with Gasteiger partial charge in [-0.15, -0.1) is 0 Å². The fourth-order valence-electron chi connectivity index (χ4n) is 2.66. The minimum absolute atomic E-state index is 0.0383. The van der Waals surface area contributed by atoms with Crippen LogP contribution in [0.15, 0.2) is 42.5 Å².